The molecule has 102 valence electrons. The molecule has 0 saturated heterocycles. The van der Waals surface area contributed by atoms with Gasteiger partial charge in [-0.25, -0.2) is 0 Å². The van der Waals surface area contributed by atoms with Gasteiger partial charge in [-0.1, -0.05) is 0 Å². The molecule has 4 nitrogen and oxygen atoms in total. The maximum atomic E-state index is 11.7. The monoisotopic (exact) mass is 257 g/mol. The van der Waals surface area contributed by atoms with Gasteiger partial charge >= 0.3 is 12.1 Å². The minimum absolute atomic E-state index is 0.0254. The average molecular weight is 257 g/mol. The molecule has 0 saturated carbocycles. The molecule has 7 heteroatoms. The summed E-state index contributed by atoms with van der Waals surface area (Å²) in [7, 11) is 0. The molecular formula is C10H18F3NO3. The summed E-state index contributed by atoms with van der Waals surface area (Å²) in [6, 6.07) is 0.0358. The summed E-state index contributed by atoms with van der Waals surface area (Å²) in [6.07, 6.45) is -3.93. The summed E-state index contributed by atoms with van der Waals surface area (Å²) >= 11 is 0. The first-order chi connectivity index (χ1) is 7.72. The summed E-state index contributed by atoms with van der Waals surface area (Å²) < 4.78 is 39.6. The lowest BCUT2D eigenvalue weighted by molar-refractivity contribution is -0.174. The molecule has 0 rings (SSSR count). The highest BCUT2D eigenvalue weighted by molar-refractivity contribution is 5.69. The third-order valence-corrected chi connectivity index (χ3v) is 2.07. The summed E-state index contributed by atoms with van der Waals surface area (Å²) in [5.74, 6) is -0.949. The molecule has 0 fully saturated rings. The van der Waals surface area contributed by atoms with Crippen molar-refractivity contribution in [3.05, 3.63) is 0 Å². The summed E-state index contributed by atoms with van der Waals surface area (Å²) in [5, 5.41) is 8.62. The molecule has 0 aliphatic carbocycles. The van der Waals surface area contributed by atoms with Crippen molar-refractivity contribution in [1.82, 2.24) is 4.90 Å². The third-order valence-electron chi connectivity index (χ3n) is 2.07. The molecule has 1 N–H and O–H groups in total. The van der Waals surface area contributed by atoms with Crippen molar-refractivity contribution in [2.24, 2.45) is 0 Å². The molecule has 0 aromatic heterocycles. The standard InChI is InChI=1S/C10H18F3NO3/c1-8(2)14(6-9(15)16)4-3-5-17-7-10(11,12)13/h8H,3-7H2,1-2H3,(H,15,16). The predicted molar refractivity (Wildman–Crippen MR) is 55.8 cm³/mol. The van der Waals surface area contributed by atoms with Crippen LogP contribution in [0.3, 0.4) is 0 Å². The van der Waals surface area contributed by atoms with E-state index in [1.165, 1.54) is 0 Å². The van der Waals surface area contributed by atoms with Gasteiger partial charge in [-0.3, -0.25) is 9.69 Å². The zero-order chi connectivity index (χ0) is 13.5. The van der Waals surface area contributed by atoms with Crippen LogP contribution in [-0.2, 0) is 9.53 Å². The number of ether oxygens (including phenoxy) is 1. The van der Waals surface area contributed by atoms with Crippen molar-refractivity contribution in [1.29, 1.82) is 0 Å². The molecule has 17 heavy (non-hydrogen) atoms. The molecule has 0 aliphatic rings. The number of halogens is 3. The normalized spacial score (nSPS) is 12.4. The van der Waals surface area contributed by atoms with Crippen LogP contribution in [0.5, 0.6) is 0 Å². The number of carboxylic acid groups (broad SMARTS) is 1. The molecule has 0 radical (unpaired) electrons. The molecule has 0 amide bonds. The molecule has 0 spiro atoms. The number of nitrogens with zero attached hydrogens (tertiary/aromatic N) is 1. The molecule has 0 unspecified atom stereocenters. The average Bonchev–Trinajstić information content (AvgIpc) is 2.12. The first kappa shape index (κ1) is 16.2. The van der Waals surface area contributed by atoms with Gasteiger partial charge < -0.3 is 9.84 Å². The molecule has 0 heterocycles. The van der Waals surface area contributed by atoms with Crippen molar-refractivity contribution < 1.29 is 27.8 Å². The fourth-order valence-corrected chi connectivity index (χ4v) is 1.25. The fourth-order valence-electron chi connectivity index (χ4n) is 1.25. The number of hydrogen-bond donors (Lipinski definition) is 1. The van der Waals surface area contributed by atoms with Crippen molar-refractivity contribution >= 4 is 5.97 Å². The predicted octanol–water partition coefficient (Wildman–Crippen LogP) is 1.75. The SMILES string of the molecule is CC(C)N(CCCOCC(F)(F)F)CC(=O)O. The lowest BCUT2D eigenvalue weighted by Gasteiger charge is -2.24. The van der Waals surface area contributed by atoms with Crippen molar-refractivity contribution in [2.45, 2.75) is 32.5 Å². The van der Waals surface area contributed by atoms with E-state index in [4.69, 9.17) is 5.11 Å². The Labute approximate surface area is 98.3 Å². The van der Waals surface area contributed by atoms with Gasteiger partial charge in [0.15, 0.2) is 0 Å². The Kier molecular flexibility index (Phi) is 7.13. The molecular weight excluding hydrogens is 239 g/mol. The molecule has 0 aliphatic heterocycles. The van der Waals surface area contributed by atoms with Crippen LogP contribution in [0.4, 0.5) is 13.2 Å². The number of aliphatic carboxylic acids is 1. The van der Waals surface area contributed by atoms with E-state index >= 15 is 0 Å². The molecule has 0 aromatic rings. The van der Waals surface area contributed by atoms with Gasteiger partial charge in [-0.05, 0) is 20.3 Å². The minimum Gasteiger partial charge on any atom is -0.480 e. The van der Waals surface area contributed by atoms with Crippen LogP contribution < -0.4 is 0 Å². The Bertz CT molecular complexity index is 231. The van der Waals surface area contributed by atoms with Gasteiger partial charge in [0.05, 0.1) is 6.54 Å². The van der Waals surface area contributed by atoms with Crippen LogP contribution in [0.15, 0.2) is 0 Å². The van der Waals surface area contributed by atoms with E-state index in [1.54, 1.807) is 4.90 Å². The second-order valence-electron chi connectivity index (χ2n) is 3.98. The highest BCUT2D eigenvalue weighted by Gasteiger charge is 2.27. The van der Waals surface area contributed by atoms with Crippen LogP contribution in [0.2, 0.25) is 0 Å². The third kappa shape index (κ3) is 10.1. The van der Waals surface area contributed by atoms with E-state index in [-0.39, 0.29) is 19.2 Å². The van der Waals surface area contributed by atoms with Gasteiger partial charge in [-0.15, -0.1) is 0 Å². The second-order valence-corrected chi connectivity index (χ2v) is 3.98. The number of alkyl halides is 3. The van der Waals surface area contributed by atoms with Crippen LogP contribution in [0.25, 0.3) is 0 Å². The van der Waals surface area contributed by atoms with Gasteiger partial charge in [0.1, 0.15) is 6.61 Å². The molecule has 0 bridgehead atoms. The number of carboxylic acids is 1. The lowest BCUT2D eigenvalue weighted by Crippen LogP contribution is -2.36. The van der Waals surface area contributed by atoms with Crippen LogP contribution in [0.1, 0.15) is 20.3 Å². The largest absolute Gasteiger partial charge is 0.480 e. The zero-order valence-corrected chi connectivity index (χ0v) is 9.96. The Morgan fingerprint density at radius 2 is 2.00 bits per heavy atom. The van der Waals surface area contributed by atoms with E-state index in [1.807, 2.05) is 13.8 Å². The van der Waals surface area contributed by atoms with E-state index < -0.39 is 18.8 Å². The van der Waals surface area contributed by atoms with Crippen molar-refractivity contribution in [3.8, 4) is 0 Å². The van der Waals surface area contributed by atoms with Crippen LogP contribution in [0, 0.1) is 0 Å². The fraction of sp³-hybridized carbons (Fsp3) is 0.900. The van der Waals surface area contributed by atoms with Crippen molar-refractivity contribution in [2.75, 3.05) is 26.3 Å². The summed E-state index contributed by atoms with van der Waals surface area (Å²) in [5.41, 5.74) is 0. The number of rotatable bonds is 8. The van der Waals surface area contributed by atoms with Gasteiger partial charge in [0.25, 0.3) is 0 Å². The maximum Gasteiger partial charge on any atom is 0.411 e. The number of hydrogen-bond acceptors (Lipinski definition) is 3. The topological polar surface area (TPSA) is 49.8 Å². The van der Waals surface area contributed by atoms with Gasteiger partial charge in [0, 0.05) is 19.2 Å². The highest BCUT2D eigenvalue weighted by Crippen LogP contribution is 2.14. The van der Waals surface area contributed by atoms with Gasteiger partial charge in [-0.2, -0.15) is 13.2 Å². The molecule has 0 aromatic carbocycles. The first-order valence-corrected chi connectivity index (χ1v) is 5.32. The zero-order valence-electron chi connectivity index (χ0n) is 9.96. The quantitative estimate of drug-likeness (QED) is 0.673. The summed E-state index contributed by atoms with van der Waals surface area (Å²) in [4.78, 5) is 12.2. The highest BCUT2D eigenvalue weighted by atomic mass is 19.4. The summed E-state index contributed by atoms with van der Waals surface area (Å²) in [6.45, 7) is 2.67. The van der Waals surface area contributed by atoms with Crippen molar-refractivity contribution in [3.63, 3.8) is 0 Å². The van der Waals surface area contributed by atoms with E-state index in [9.17, 15) is 18.0 Å². The second kappa shape index (κ2) is 7.50. The Hall–Kier alpha value is -0.820. The van der Waals surface area contributed by atoms with Crippen LogP contribution >= 0.6 is 0 Å². The minimum atomic E-state index is -4.31. The lowest BCUT2D eigenvalue weighted by atomic mass is 10.3. The van der Waals surface area contributed by atoms with E-state index in [0.717, 1.165) is 0 Å². The molecule has 0 atom stereocenters. The van der Waals surface area contributed by atoms with Crippen LogP contribution in [-0.4, -0.2) is 54.5 Å². The Balaban J connectivity index is 3.72. The Morgan fingerprint density at radius 1 is 1.41 bits per heavy atom. The smallest absolute Gasteiger partial charge is 0.411 e. The Morgan fingerprint density at radius 3 is 2.41 bits per heavy atom. The number of carbonyl (C=O) groups is 1. The van der Waals surface area contributed by atoms with E-state index in [0.29, 0.717) is 13.0 Å². The van der Waals surface area contributed by atoms with Gasteiger partial charge in [0.2, 0.25) is 0 Å². The maximum absolute atomic E-state index is 11.7. The first-order valence-electron chi connectivity index (χ1n) is 5.32. The van der Waals surface area contributed by atoms with E-state index in [2.05, 4.69) is 4.74 Å².